The van der Waals surface area contributed by atoms with Crippen LogP contribution < -0.4 is 25.8 Å². The number of hydrazine groups is 2. The van der Waals surface area contributed by atoms with Crippen molar-refractivity contribution in [3.05, 3.63) is 53.6 Å². The van der Waals surface area contributed by atoms with Gasteiger partial charge in [0.2, 0.25) is 0 Å². The summed E-state index contributed by atoms with van der Waals surface area (Å²) in [5, 5.41) is 12.2. The highest BCUT2D eigenvalue weighted by Gasteiger charge is 2.32. The van der Waals surface area contributed by atoms with E-state index in [1.165, 1.54) is 7.11 Å². The first kappa shape index (κ1) is 19.8. The summed E-state index contributed by atoms with van der Waals surface area (Å²) in [5.41, 5.74) is 11.2. The van der Waals surface area contributed by atoms with Crippen LogP contribution in [0.4, 0.5) is 0 Å². The molecule has 1 aliphatic heterocycles. The zero-order valence-corrected chi connectivity index (χ0v) is 16.5. The molecule has 0 spiro atoms. The summed E-state index contributed by atoms with van der Waals surface area (Å²) in [5.74, 6) is 1.40. The molecule has 0 unspecified atom stereocenters. The third-order valence-electron chi connectivity index (χ3n) is 4.19. The predicted molar refractivity (Wildman–Crippen MR) is 107 cm³/mol. The van der Waals surface area contributed by atoms with E-state index in [1.54, 1.807) is 6.07 Å². The minimum atomic E-state index is -0.252. The molecule has 0 aromatic heterocycles. The van der Waals surface area contributed by atoms with Gasteiger partial charge in [-0.1, -0.05) is 24.3 Å². The minimum Gasteiger partial charge on any atom is -0.504 e. The Balaban J connectivity index is 1.74. The normalized spacial score (nSPS) is 20.2. The van der Waals surface area contributed by atoms with E-state index in [1.807, 2.05) is 55.3 Å². The van der Waals surface area contributed by atoms with Gasteiger partial charge >= 0.3 is 0 Å². The van der Waals surface area contributed by atoms with Crippen LogP contribution in [0, 0.1) is 0 Å². The molecule has 7 nitrogen and oxygen atoms in total. The molecule has 0 aliphatic carbocycles. The van der Waals surface area contributed by atoms with Crippen molar-refractivity contribution in [2.24, 2.45) is 0 Å². The SMILES string of the molecule is COc1cccc(CNN2[C@H](S)NN[C@H]2c2cccc(OC(C)C)c2)c1O. The van der Waals surface area contributed by atoms with Crippen molar-refractivity contribution < 1.29 is 14.6 Å². The van der Waals surface area contributed by atoms with Crippen LogP contribution in [0.15, 0.2) is 42.5 Å². The summed E-state index contributed by atoms with van der Waals surface area (Å²) in [6.45, 7) is 4.42. The van der Waals surface area contributed by atoms with E-state index < -0.39 is 0 Å². The van der Waals surface area contributed by atoms with Crippen LogP contribution in [0.2, 0.25) is 0 Å². The van der Waals surface area contributed by atoms with Gasteiger partial charge in [-0.2, -0.15) is 5.01 Å². The molecular formula is C19H26N4O3S. The summed E-state index contributed by atoms with van der Waals surface area (Å²) in [6, 6.07) is 13.4. The Morgan fingerprint density at radius 3 is 2.74 bits per heavy atom. The summed E-state index contributed by atoms with van der Waals surface area (Å²) in [4.78, 5) is 0. The lowest BCUT2D eigenvalue weighted by atomic mass is 10.1. The van der Waals surface area contributed by atoms with E-state index in [0.29, 0.717) is 12.3 Å². The molecule has 1 heterocycles. The maximum atomic E-state index is 10.3. The van der Waals surface area contributed by atoms with Crippen LogP contribution in [0.3, 0.4) is 0 Å². The third kappa shape index (κ3) is 4.66. The van der Waals surface area contributed by atoms with Crippen LogP contribution in [-0.2, 0) is 6.54 Å². The molecule has 146 valence electrons. The van der Waals surface area contributed by atoms with Crippen LogP contribution in [0.25, 0.3) is 0 Å². The maximum absolute atomic E-state index is 10.3. The fraction of sp³-hybridized carbons (Fsp3) is 0.368. The highest BCUT2D eigenvalue weighted by molar-refractivity contribution is 7.80. The monoisotopic (exact) mass is 390 g/mol. The first-order valence-electron chi connectivity index (χ1n) is 8.82. The van der Waals surface area contributed by atoms with Gasteiger partial charge in [0.15, 0.2) is 11.5 Å². The molecule has 0 saturated carbocycles. The smallest absolute Gasteiger partial charge is 0.162 e. The highest BCUT2D eigenvalue weighted by atomic mass is 32.1. The van der Waals surface area contributed by atoms with Crippen molar-refractivity contribution in [2.45, 2.75) is 38.2 Å². The molecule has 2 aromatic rings. The third-order valence-corrected chi connectivity index (χ3v) is 4.57. The van der Waals surface area contributed by atoms with E-state index >= 15 is 0 Å². The minimum absolute atomic E-state index is 0.109. The van der Waals surface area contributed by atoms with Gasteiger partial charge in [0.05, 0.1) is 13.2 Å². The molecule has 2 aromatic carbocycles. The van der Waals surface area contributed by atoms with Crippen molar-refractivity contribution in [1.29, 1.82) is 0 Å². The molecule has 8 heteroatoms. The first-order valence-corrected chi connectivity index (χ1v) is 9.33. The van der Waals surface area contributed by atoms with Crippen molar-refractivity contribution in [3.8, 4) is 17.2 Å². The van der Waals surface area contributed by atoms with Crippen molar-refractivity contribution in [1.82, 2.24) is 21.3 Å². The average Bonchev–Trinajstić information content (AvgIpc) is 3.01. The maximum Gasteiger partial charge on any atom is 0.162 e. The van der Waals surface area contributed by atoms with Crippen molar-refractivity contribution in [2.75, 3.05) is 7.11 Å². The van der Waals surface area contributed by atoms with E-state index in [9.17, 15) is 5.11 Å². The molecule has 1 aliphatic rings. The van der Waals surface area contributed by atoms with E-state index in [4.69, 9.17) is 9.47 Å². The number of methoxy groups -OCH3 is 1. The van der Waals surface area contributed by atoms with Crippen LogP contribution in [-0.4, -0.2) is 28.8 Å². The molecule has 1 saturated heterocycles. The standard InChI is InChI=1S/C19H26N4O3S/c1-12(2)26-15-8-4-6-13(10-15)18-21-22-19(27)23(18)20-11-14-7-5-9-16(25-3)17(14)24/h4-10,12,18-22,24,27H,11H2,1-3H3/t18-,19-/m1/s1. The van der Waals surface area contributed by atoms with Crippen molar-refractivity contribution >= 4 is 12.6 Å². The lowest BCUT2D eigenvalue weighted by Crippen LogP contribution is -2.42. The molecule has 0 radical (unpaired) electrons. The molecular weight excluding hydrogens is 364 g/mol. The fourth-order valence-corrected chi connectivity index (χ4v) is 3.23. The van der Waals surface area contributed by atoms with Gasteiger partial charge < -0.3 is 14.6 Å². The summed E-state index contributed by atoms with van der Waals surface area (Å²) < 4.78 is 11.0. The Morgan fingerprint density at radius 2 is 2.00 bits per heavy atom. The summed E-state index contributed by atoms with van der Waals surface area (Å²) >= 11 is 4.56. The number of nitrogens with zero attached hydrogens (tertiary/aromatic N) is 1. The number of phenols is 1. The number of rotatable bonds is 7. The topological polar surface area (TPSA) is 78.0 Å². The van der Waals surface area contributed by atoms with E-state index in [-0.39, 0.29) is 23.5 Å². The largest absolute Gasteiger partial charge is 0.504 e. The average molecular weight is 391 g/mol. The Labute approximate surface area is 165 Å². The molecule has 0 amide bonds. The Kier molecular flexibility index (Phi) is 6.46. The Bertz CT molecular complexity index is 774. The molecule has 27 heavy (non-hydrogen) atoms. The zero-order chi connectivity index (χ0) is 19.4. The second kappa shape index (κ2) is 8.81. The Hall–Kier alpha value is -1.97. The van der Waals surface area contributed by atoms with Gasteiger partial charge in [-0.25, -0.2) is 16.3 Å². The fourth-order valence-electron chi connectivity index (χ4n) is 2.94. The number of ether oxygens (including phenoxy) is 2. The quantitative estimate of drug-likeness (QED) is 0.465. The van der Waals surface area contributed by atoms with Crippen LogP contribution >= 0.6 is 12.6 Å². The lowest BCUT2D eigenvalue weighted by molar-refractivity contribution is 0.143. The number of para-hydroxylation sites is 1. The van der Waals surface area contributed by atoms with Gasteiger partial charge in [-0.15, -0.1) is 12.6 Å². The zero-order valence-electron chi connectivity index (χ0n) is 15.6. The van der Waals surface area contributed by atoms with Crippen LogP contribution in [0.5, 0.6) is 17.2 Å². The number of thiol groups is 1. The number of hydrogen-bond donors (Lipinski definition) is 5. The van der Waals surface area contributed by atoms with Gasteiger partial charge in [0.25, 0.3) is 0 Å². The number of aromatic hydroxyl groups is 1. The van der Waals surface area contributed by atoms with Crippen LogP contribution in [0.1, 0.15) is 31.1 Å². The second-order valence-electron chi connectivity index (χ2n) is 6.51. The molecule has 0 bridgehead atoms. The summed E-state index contributed by atoms with van der Waals surface area (Å²) in [6.07, 6.45) is -0.0474. The summed E-state index contributed by atoms with van der Waals surface area (Å²) in [7, 11) is 1.53. The Morgan fingerprint density at radius 1 is 1.22 bits per heavy atom. The number of hydrogen-bond acceptors (Lipinski definition) is 8. The molecule has 1 fully saturated rings. The highest BCUT2D eigenvalue weighted by Crippen LogP contribution is 2.30. The van der Waals surface area contributed by atoms with E-state index in [0.717, 1.165) is 16.9 Å². The molecule has 4 N–H and O–H groups in total. The van der Waals surface area contributed by atoms with Gasteiger partial charge in [-0.05, 0) is 37.6 Å². The van der Waals surface area contributed by atoms with E-state index in [2.05, 4.69) is 28.9 Å². The van der Waals surface area contributed by atoms with Gasteiger partial charge in [-0.3, -0.25) is 0 Å². The number of nitrogens with one attached hydrogen (secondary N) is 3. The lowest BCUT2D eigenvalue weighted by Gasteiger charge is -2.27. The van der Waals surface area contributed by atoms with Gasteiger partial charge in [0.1, 0.15) is 17.4 Å². The van der Waals surface area contributed by atoms with Gasteiger partial charge in [0, 0.05) is 12.1 Å². The number of benzene rings is 2. The second-order valence-corrected chi connectivity index (χ2v) is 7.00. The van der Waals surface area contributed by atoms with Crippen molar-refractivity contribution in [3.63, 3.8) is 0 Å². The predicted octanol–water partition coefficient (Wildman–Crippen LogP) is 2.51. The number of phenolic OH excluding ortho intramolecular Hbond substituents is 1. The molecule has 2 atom stereocenters. The molecule has 3 rings (SSSR count). The first-order chi connectivity index (χ1) is 13.0.